The van der Waals surface area contributed by atoms with Gasteiger partial charge in [0.05, 0.1) is 0 Å². The maximum atomic E-state index is 10.6. The van der Waals surface area contributed by atoms with Crippen LogP contribution in [0.3, 0.4) is 0 Å². The van der Waals surface area contributed by atoms with Gasteiger partial charge in [-0.25, -0.2) is 0 Å². The summed E-state index contributed by atoms with van der Waals surface area (Å²) >= 11 is -0.879. The van der Waals surface area contributed by atoms with Crippen molar-refractivity contribution >= 4 is 94.7 Å². The van der Waals surface area contributed by atoms with E-state index in [2.05, 4.69) is 0 Å². The van der Waals surface area contributed by atoms with Crippen LogP contribution in [-0.4, -0.2) is 74.7 Å². The molecule has 0 aromatic carbocycles. The fourth-order valence-corrected chi connectivity index (χ4v) is 3.33. The molecule has 20 heavy (non-hydrogen) atoms. The first-order valence-electron chi connectivity index (χ1n) is 5.70. The molecule has 0 amide bonds. The number of rotatable bonds is 6. The van der Waals surface area contributed by atoms with Crippen molar-refractivity contribution in [1.29, 1.82) is 0 Å². The van der Waals surface area contributed by atoms with E-state index in [0.29, 0.717) is 12.8 Å². The summed E-state index contributed by atoms with van der Waals surface area (Å²) in [5.74, 6) is 0.480. The van der Waals surface area contributed by atoms with Crippen molar-refractivity contribution in [3.63, 3.8) is 0 Å². The Hall–Kier alpha value is 2.04. The molecule has 0 aliphatic carbocycles. The van der Waals surface area contributed by atoms with Crippen LogP contribution in [0.4, 0.5) is 0 Å². The minimum absolute atomic E-state index is 0. The molecule has 0 rings (SSSR count). The largest absolute Gasteiger partial charge is 0 e. The van der Waals surface area contributed by atoms with Gasteiger partial charge in [-0.1, -0.05) is 0 Å². The van der Waals surface area contributed by atoms with Crippen LogP contribution in [0.25, 0.3) is 0 Å². The molecule has 0 aliphatic heterocycles. The summed E-state index contributed by atoms with van der Waals surface area (Å²) in [7, 11) is 11.4. The van der Waals surface area contributed by atoms with E-state index in [1.165, 1.54) is 0 Å². The van der Waals surface area contributed by atoms with Crippen LogP contribution in [0.15, 0.2) is 0 Å². The molecule has 0 heterocycles. The second-order valence-corrected chi connectivity index (χ2v) is 14.2. The predicted molar refractivity (Wildman–Crippen MR) is 93.4 cm³/mol. The third-order valence-corrected chi connectivity index (χ3v) is 10.1. The van der Waals surface area contributed by atoms with Gasteiger partial charge in [-0.05, 0) is 0 Å². The van der Waals surface area contributed by atoms with Gasteiger partial charge in [0.1, 0.15) is 0 Å². The van der Waals surface area contributed by atoms with Gasteiger partial charge in [0.15, 0.2) is 0 Å². The van der Waals surface area contributed by atoms with E-state index in [4.69, 9.17) is 20.0 Å². The van der Waals surface area contributed by atoms with Crippen LogP contribution in [0.1, 0.15) is 54.4 Å². The Morgan fingerprint density at radius 3 is 1.05 bits per heavy atom. The summed E-state index contributed by atoms with van der Waals surface area (Å²) in [5, 5.41) is 0. The number of ketones is 2. The van der Waals surface area contributed by atoms with Crippen molar-refractivity contribution < 1.29 is 9.59 Å². The SMILES string of the molecule is CC(=O)C[C](C)(C)[Ge][Cl].CC(=O)C[C](C)(C)[Ge][Cl].[Se].[Se]. The molecule has 0 saturated heterocycles. The summed E-state index contributed by atoms with van der Waals surface area (Å²) < 4.78 is 0.209. The summed E-state index contributed by atoms with van der Waals surface area (Å²) in [6, 6.07) is 0. The van der Waals surface area contributed by atoms with Crippen molar-refractivity contribution in [3.05, 3.63) is 0 Å². The van der Waals surface area contributed by atoms with E-state index in [-0.39, 0.29) is 54.2 Å². The zero-order valence-electron chi connectivity index (χ0n) is 12.8. The average Bonchev–Trinajstić information content (AvgIpc) is 2.15. The Labute approximate surface area is 165 Å². The number of carbonyl (C=O) groups excluding carboxylic acids is 2. The fraction of sp³-hybridized carbons (Fsp3) is 0.833. The number of carbonyl (C=O) groups is 2. The minimum atomic E-state index is -0.440. The molecular formula is C12H22Cl2Ge2O2Se2. The second kappa shape index (κ2) is 14.6. The predicted octanol–water partition coefficient (Wildman–Crippen LogP) is 3.28. The van der Waals surface area contributed by atoms with E-state index < -0.39 is 29.0 Å². The molecule has 0 aliphatic rings. The molecule has 0 aromatic rings. The normalized spacial score (nSPS) is 10.4. The van der Waals surface area contributed by atoms with E-state index >= 15 is 0 Å². The molecule has 116 valence electrons. The molecule has 8 heteroatoms. The van der Waals surface area contributed by atoms with Gasteiger partial charge in [-0.3, -0.25) is 0 Å². The molecule has 0 saturated carbocycles. The molecule has 8 radical (unpaired) electrons. The molecule has 0 bridgehead atoms. The Morgan fingerprint density at radius 1 is 0.800 bits per heavy atom. The molecule has 0 unspecified atom stereocenters. The van der Waals surface area contributed by atoms with Crippen molar-refractivity contribution in [2.45, 2.75) is 62.9 Å². The molecule has 0 fully saturated rings. The van der Waals surface area contributed by atoms with E-state index in [0.717, 1.165) is 0 Å². The summed E-state index contributed by atoms with van der Waals surface area (Å²) in [6.07, 6.45) is 1.27. The smallest absolute Gasteiger partial charge is 0 e. The molecule has 0 atom stereocenters. The molecule has 0 aromatic heterocycles. The zero-order chi connectivity index (χ0) is 15.0. The Kier molecular flexibility index (Phi) is 21.9. The van der Waals surface area contributed by atoms with Gasteiger partial charge >= 0.3 is 133 Å². The third kappa shape index (κ3) is 22.3. The first-order chi connectivity index (χ1) is 7.95. The first-order valence-corrected chi connectivity index (χ1v) is 13.3. The molecule has 2 nitrogen and oxygen atoms in total. The molecular weight excluding hydrogens is 550 g/mol. The number of hydrogen-bond acceptors (Lipinski definition) is 2. The van der Waals surface area contributed by atoms with E-state index in [1.54, 1.807) is 13.8 Å². The summed E-state index contributed by atoms with van der Waals surface area (Å²) in [4.78, 5) is 21.2. The summed E-state index contributed by atoms with van der Waals surface area (Å²) in [5.41, 5.74) is 0. The maximum absolute atomic E-state index is 10.6. The monoisotopic (exact) mass is 576 g/mol. The number of hydrogen-bond donors (Lipinski definition) is 0. The molecule has 0 spiro atoms. The van der Waals surface area contributed by atoms with Crippen molar-refractivity contribution in [2.75, 3.05) is 0 Å². The van der Waals surface area contributed by atoms with Crippen molar-refractivity contribution in [1.82, 2.24) is 0 Å². The Balaban J connectivity index is -0.000000116. The van der Waals surface area contributed by atoms with Crippen LogP contribution < -0.4 is 0 Å². The maximum Gasteiger partial charge on any atom is 0 e. The minimum Gasteiger partial charge on any atom is 0 e. The Bertz CT molecular complexity index is 261. The van der Waals surface area contributed by atoms with Crippen LogP contribution in [-0.2, 0) is 9.59 Å². The van der Waals surface area contributed by atoms with Gasteiger partial charge < -0.3 is 0 Å². The van der Waals surface area contributed by atoms with Gasteiger partial charge in [-0.15, -0.1) is 0 Å². The van der Waals surface area contributed by atoms with E-state index in [9.17, 15) is 9.59 Å². The molecule has 0 N–H and O–H groups in total. The average molecular weight is 572 g/mol. The van der Waals surface area contributed by atoms with Crippen molar-refractivity contribution in [3.8, 4) is 0 Å². The topological polar surface area (TPSA) is 34.1 Å². The standard InChI is InChI=1S/2C6H11ClGeO.2Se/c2*1-5(9)4-6(2,3)8-7;;/h2*4H2,1-3H3;;. The van der Waals surface area contributed by atoms with Gasteiger partial charge in [0.25, 0.3) is 0 Å². The number of halogens is 2. The Morgan fingerprint density at radius 2 is 1.00 bits per heavy atom. The fourth-order valence-electron chi connectivity index (χ4n) is 1.31. The van der Waals surface area contributed by atoms with Gasteiger partial charge in [0.2, 0.25) is 0 Å². The van der Waals surface area contributed by atoms with Crippen LogP contribution in [0.5, 0.6) is 0 Å². The quantitative estimate of drug-likeness (QED) is 0.459. The zero-order valence-corrected chi connectivity index (χ0v) is 21.9. The third-order valence-electron chi connectivity index (χ3n) is 1.89. The first kappa shape index (κ1) is 30.0. The van der Waals surface area contributed by atoms with Crippen LogP contribution >= 0.6 is 20.0 Å². The number of Topliss-reactive ketones (excluding diaryl/α,β-unsaturated/α-hetero) is 2. The van der Waals surface area contributed by atoms with Crippen LogP contribution in [0.2, 0.25) is 8.49 Å². The van der Waals surface area contributed by atoms with Crippen LogP contribution in [0, 0.1) is 0 Å². The van der Waals surface area contributed by atoms with Crippen molar-refractivity contribution in [2.24, 2.45) is 0 Å². The summed E-state index contributed by atoms with van der Waals surface area (Å²) in [6.45, 7) is 11.4. The second-order valence-electron chi connectivity index (χ2n) is 5.71. The van der Waals surface area contributed by atoms with Gasteiger partial charge in [0, 0.05) is 34.1 Å². The van der Waals surface area contributed by atoms with Gasteiger partial charge in [-0.2, -0.15) is 0 Å². The van der Waals surface area contributed by atoms with E-state index in [1.807, 2.05) is 27.7 Å².